The molecular formula is C14H15N3O. The minimum Gasteiger partial charge on any atom is -0.323 e. The summed E-state index contributed by atoms with van der Waals surface area (Å²) >= 11 is 0. The summed E-state index contributed by atoms with van der Waals surface area (Å²) < 4.78 is 0. The summed E-state index contributed by atoms with van der Waals surface area (Å²) in [5, 5.41) is 3.49. The largest absolute Gasteiger partial charge is 0.323 e. The first-order chi connectivity index (χ1) is 8.79. The highest BCUT2D eigenvalue weighted by Gasteiger charge is 2.11. The molecule has 0 fully saturated rings. The second kappa shape index (κ2) is 5.82. The van der Waals surface area contributed by atoms with Gasteiger partial charge in [-0.25, -0.2) is 0 Å². The van der Waals surface area contributed by atoms with Gasteiger partial charge in [-0.3, -0.25) is 4.79 Å². The van der Waals surface area contributed by atoms with Crippen LogP contribution in [-0.2, 0) is 11.3 Å². The summed E-state index contributed by atoms with van der Waals surface area (Å²) in [4.78, 5) is 13.5. The molecule has 1 amide bonds. The van der Waals surface area contributed by atoms with E-state index in [0.29, 0.717) is 13.0 Å². The maximum atomic E-state index is 11.8. The Labute approximate surface area is 106 Å². The molecule has 0 aliphatic carbocycles. The van der Waals surface area contributed by atoms with Crippen molar-refractivity contribution >= 4 is 12.1 Å². The van der Waals surface area contributed by atoms with E-state index >= 15 is 0 Å². The highest BCUT2D eigenvalue weighted by molar-refractivity contribution is 5.80. The van der Waals surface area contributed by atoms with Crippen LogP contribution in [0, 0.1) is 0 Å². The van der Waals surface area contributed by atoms with Crippen molar-refractivity contribution in [1.82, 2.24) is 4.90 Å². The number of rotatable bonds is 3. The van der Waals surface area contributed by atoms with Crippen molar-refractivity contribution in [2.24, 2.45) is 10.9 Å². The molecule has 4 heteroatoms. The minimum atomic E-state index is 0.0953. The second-order valence-electron chi connectivity index (χ2n) is 4.02. The summed E-state index contributed by atoms with van der Waals surface area (Å²) in [5.41, 5.74) is 1.98. The average molecular weight is 241 g/mol. The number of allylic oxidation sites excluding steroid dienone is 2. The third-order valence-corrected chi connectivity index (χ3v) is 2.65. The van der Waals surface area contributed by atoms with E-state index in [1.165, 1.54) is 0 Å². The van der Waals surface area contributed by atoms with Crippen LogP contribution in [0.1, 0.15) is 17.5 Å². The lowest BCUT2D eigenvalue weighted by Crippen LogP contribution is -2.23. The lowest BCUT2D eigenvalue weighted by molar-refractivity contribution is -0.128. The number of hydrazone groups is 1. The second-order valence-corrected chi connectivity index (χ2v) is 4.02. The number of carbonyl (C=O) groups excluding carboxylic acids is 1. The molecule has 0 radical (unpaired) electrons. The fourth-order valence-corrected chi connectivity index (χ4v) is 1.80. The van der Waals surface area contributed by atoms with Gasteiger partial charge in [0, 0.05) is 12.6 Å². The zero-order valence-electron chi connectivity index (χ0n) is 9.99. The molecule has 4 nitrogen and oxygen atoms in total. The average Bonchev–Trinajstić information content (AvgIpc) is 2.56. The predicted octanol–water partition coefficient (Wildman–Crippen LogP) is 1.78. The van der Waals surface area contributed by atoms with Crippen LogP contribution in [0.5, 0.6) is 0 Å². The number of hydrogen-bond donors (Lipinski definition) is 1. The lowest BCUT2D eigenvalue weighted by Gasteiger charge is -2.17. The van der Waals surface area contributed by atoms with Crippen LogP contribution < -0.4 is 5.84 Å². The van der Waals surface area contributed by atoms with E-state index in [1.54, 1.807) is 17.3 Å². The summed E-state index contributed by atoms with van der Waals surface area (Å²) in [7, 11) is 0. The number of nitrogens with zero attached hydrogens (tertiary/aromatic N) is 2. The topological polar surface area (TPSA) is 58.7 Å². The number of benzene rings is 1. The maximum absolute atomic E-state index is 11.8. The molecule has 0 bridgehead atoms. The van der Waals surface area contributed by atoms with Gasteiger partial charge in [0.1, 0.15) is 0 Å². The molecular weight excluding hydrogens is 226 g/mol. The zero-order chi connectivity index (χ0) is 12.8. The molecule has 1 aliphatic heterocycles. The highest BCUT2D eigenvalue weighted by atomic mass is 16.2. The van der Waals surface area contributed by atoms with Gasteiger partial charge in [-0.2, -0.15) is 5.10 Å². The number of hydrogen-bond acceptors (Lipinski definition) is 3. The van der Waals surface area contributed by atoms with E-state index in [-0.39, 0.29) is 5.91 Å². The molecule has 0 saturated heterocycles. The maximum Gasteiger partial charge on any atom is 0.230 e. The first-order valence-corrected chi connectivity index (χ1v) is 5.74. The number of carbonyl (C=O) groups is 1. The predicted molar refractivity (Wildman–Crippen MR) is 71.7 cm³/mol. The number of amides is 1. The molecule has 0 unspecified atom stereocenters. The zero-order valence-corrected chi connectivity index (χ0v) is 9.99. The van der Waals surface area contributed by atoms with Gasteiger partial charge in [0.2, 0.25) is 5.91 Å². The van der Waals surface area contributed by atoms with Crippen LogP contribution in [-0.4, -0.2) is 17.0 Å². The Morgan fingerprint density at radius 3 is 3.11 bits per heavy atom. The molecule has 1 aromatic carbocycles. The van der Waals surface area contributed by atoms with Gasteiger partial charge in [-0.1, -0.05) is 30.4 Å². The smallest absolute Gasteiger partial charge is 0.230 e. The van der Waals surface area contributed by atoms with Crippen LogP contribution in [0.25, 0.3) is 0 Å². The van der Waals surface area contributed by atoms with Crippen molar-refractivity contribution in [3.8, 4) is 0 Å². The summed E-state index contributed by atoms with van der Waals surface area (Å²) in [5.74, 6) is 5.22. The van der Waals surface area contributed by atoms with Crippen molar-refractivity contribution in [2.45, 2.75) is 13.0 Å². The summed E-state index contributed by atoms with van der Waals surface area (Å²) in [6.45, 7) is 0.559. The Kier molecular flexibility index (Phi) is 3.91. The van der Waals surface area contributed by atoms with E-state index in [4.69, 9.17) is 5.84 Å². The van der Waals surface area contributed by atoms with Crippen LogP contribution in [0.2, 0.25) is 0 Å². The van der Waals surface area contributed by atoms with Crippen molar-refractivity contribution in [1.29, 1.82) is 0 Å². The van der Waals surface area contributed by atoms with Crippen LogP contribution >= 0.6 is 0 Å². The van der Waals surface area contributed by atoms with Gasteiger partial charge in [-0.05, 0) is 23.3 Å². The van der Waals surface area contributed by atoms with Crippen LogP contribution in [0.3, 0.4) is 0 Å². The van der Waals surface area contributed by atoms with E-state index in [0.717, 1.165) is 11.1 Å². The highest BCUT2D eigenvalue weighted by Crippen LogP contribution is 2.11. The Morgan fingerprint density at radius 2 is 2.28 bits per heavy atom. The van der Waals surface area contributed by atoms with E-state index < -0.39 is 0 Å². The van der Waals surface area contributed by atoms with E-state index in [1.807, 2.05) is 42.5 Å². The molecule has 1 aromatic rings. The van der Waals surface area contributed by atoms with Crippen molar-refractivity contribution < 1.29 is 4.79 Å². The molecule has 0 saturated carbocycles. The molecule has 0 atom stereocenters. The lowest BCUT2D eigenvalue weighted by atomic mass is 10.1. The minimum absolute atomic E-state index is 0.0953. The third kappa shape index (κ3) is 3.07. The van der Waals surface area contributed by atoms with E-state index in [9.17, 15) is 4.79 Å². The number of nitrogens with two attached hydrogens (primary N) is 1. The van der Waals surface area contributed by atoms with Gasteiger partial charge in [0.25, 0.3) is 0 Å². The molecule has 2 N–H and O–H groups in total. The van der Waals surface area contributed by atoms with Gasteiger partial charge in [0.15, 0.2) is 0 Å². The molecule has 2 rings (SSSR count). The Morgan fingerprint density at radius 1 is 1.39 bits per heavy atom. The Balaban J connectivity index is 2.13. The Hall–Kier alpha value is -2.36. The molecule has 0 spiro atoms. The van der Waals surface area contributed by atoms with Gasteiger partial charge < -0.3 is 10.7 Å². The molecule has 1 aliphatic rings. The van der Waals surface area contributed by atoms with Crippen LogP contribution in [0.4, 0.5) is 0 Å². The molecule has 18 heavy (non-hydrogen) atoms. The fourth-order valence-electron chi connectivity index (χ4n) is 1.80. The normalized spacial score (nSPS) is 15.3. The third-order valence-electron chi connectivity index (χ3n) is 2.65. The summed E-state index contributed by atoms with van der Waals surface area (Å²) in [6, 6.07) is 7.79. The van der Waals surface area contributed by atoms with Gasteiger partial charge >= 0.3 is 0 Å². The fraction of sp³-hybridized carbons (Fsp3) is 0.143. The Bertz CT molecular complexity index is 518. The van der Waals surface area contributed by atoms with Gasteiger partial charge in [-0.15, -0.1) is 0 Å². The monoisotopic (exact) mass is 241 g/mol. The quantitative estimate of drug-likeness (QED) is 0.498. The van der Waals surface area contributed by atoms with Crippen molar-refractivity contribution in [2.75, 3.05) is 0 Å². The van der Waals surface area contributed by atoms with Crippen molar-refractivity contribution in [3.63, 3.8) is 0 Å². The summed E-state index contributed by atoms with van der Waals surface area (Å²) in [6.07, 6.45) is 9.44. The van der Waals surface area contributed by atoms with Crippen molar-refractivity contribution in [3.05, 3.63) is 59.8 Å². The molecule has 92 valence electrons. The molecule has 0 aromatic heterocycles. The van der Waals surface area contributed by atoms with E-state index in [2.05, 4.69) is 5.10 Å². The first kappa shape index (κ1) is 12.1. The van der Waals surface area contributed by atoms with Gasteiger partial charge in [0.05, 0.1) is 12.8 Å². The SMILES string of the molecule is NN=Cc1cccc(CN2C=CC=CCC2=O)c1. The standard InChI is InChI=1S/C14H15N3O/c15-16-10-12-5-4-6-13(9-12)11-17-8-3-1-2-7-14(17)18/h1-6,8-10H,7,11,15H2. The van der Waals surface area contributed by atoms with Crippen LogP contribution in [0.15, 0.2) is 53.8 Å². The molecule has 1 heterocycles. The first-order valence-electron chi connectivity index (χ1n) is 5.74.